The van der Waals surface area contributed by atoms with Crippen LogP contribution in [0.3, 0.4) is 0 Å². The minimum absolute atomic E-state index is 0. The van der Waals surface area contributed by atoms with Crippen molar-refractivity contribution in [2.24, 2.45) is 11.5 Å². The molecule has 2 amide bonds. The third-order valence-electron chi connectivity index (χ3n) is 3.15. The number of ether oxygens (including phenoxy) is 2. The smallest absolute Gasteiger partial charge is 0.255 e. The average molecular weight is 330 g/mol. The standard InChI is InChI=1S/C14H19N3O4.ClH/c15-7-11-4-5-12(21-11)14(19)17-9-2-1-3-10(6-9)20-8-13(16)18;/h1-3,6,11-12H,4-5,7-8,15H2,(H2,16,18)(H,17,19);1H/t11-,12+;/m1./s1. The molecule has 2 rings (SSSR count). The van der Waals surface area contributed by atoms with E-state index in [0.29, 0.717) is 24.4 Å². The van der Waals surface area contributed by atoms with Gasteiger partial charge in [0.15, 0.2) is 6.61 Å². The molecule has 1 aliphatic rings. The number of nitrogens with two attached hydrogens (primary N) is 2. The van der Waals surface area contributed by atoms with E-state index < -0.39 is 12.0 Å². The fourth-order valence-corrected chi connectivity index (χ4v) is 2.11. The molecule has 0 spiro atoms. The van der Waals surface area contributed by atoms with Gasteiger partial charge in [0, 0.05) is 18.3 Å². The van der Waals surface area contributed by atoms with Gasteiger partial charge in [-0.3, -0.25) is 9.59 Å². The Balaban J connectivity index is 0.00000242. The lowest BCUT2D eigenvalue weighted by Gasteiger charge is -2.13. The number of carbonyl (C=O) groups excluding carboxylic acids is 2. The van der Waals surface area contributed by atoms with E-state index in [4.69, 9.17) is 20.9 Å². The topological polar surface area (TPSA) is 117 Å². The lowest BCUT2D eigenvalue weighted by molar-refractivity contribution is -0.126. The lowest BCUT2D eigenvalue weighted by Crippen LogP contribution is -2.29. The van der Waals surface area contributed by atoms with Gasteiger partial charge in [0.25, 0.3) is 11.8 Å². The highest BCUT2D eigenvalue weighted by atomic mass is 35.5. The molecule has 1 aliphatic heterocycles. The molecule has 122 valence electrons. The minimum atomic E-state index is -0.559. The summed E-state index contributed by atoms with van der Waals surface area (Å²) in [5, 5.41) is 2.76. The summed E-state index contributed by atoms with van der Waals surface area (Å²) in [6.07, 6.45) is 0.918. The Morgan fingerprint density at radius 1 is 1.36 bits per heavy atom. The number of benzene rings is 1. The Morgan fingerprint density at radius 2 is 2.14 bits per heavy atom. The molecular weight excluding hydrogens is 310 g/mol. The van der Waals surface area contributed by atoms with E-state index in [2.05, 4.69) is 5.32 Å². The van der Waals surface area contributed by atoms with Gasteiger partial charge < -0.3 is 26.3 Å². The Morgan fingerprint density at radius 3 is 2.77 bits per heavy atom. The van der Waals surface area contributed by atoms with Gasteiger partial charge in [0.2, 0.25) is 0 Å². The van der Waals surface area contributed by atoms with Crippen LogP contribution in [0.2, 0.25) is 0 Å². The fraction of sp³-hybridized carbons (Fsp3) is 0.429. The van der Waals surface area contributed by atoms with Crippen LogP contribution in [0.5, 0.6) is 5.75 Å². The van der Waals surface area contributed by atoms with Gasteiger partial charge in [-0.05, 0) is 25.0 Å². The van der Waals surface area contributed by atoms with Crippen LogP contribution in [-0.4, -0.2) is 37.2 Å². The van der Waals surface area contributed by atoms with Crippen molar-refractivity contribution in [2.75, 3.05) is 18.5 Å². The van der Waals surface area contributed by atoms with E-state index in [0.717, 1.165) is 6.42 Å². The molecule has 0 radical (unpaired) electrons. The molecule has 0 bridgehead atoms. The maximum absolute atomic E-state index is 12.1. The van der Waals surface area contributed by atoms with E-state index in [-0.39, 0.29) is 31.0 Å². The number of rotatable bonds is 6. The highest BCUT2D eigenvalue weighted by Gasteiger charge is 2.29. The average Bonchev–Trinajstić information content (AvgIpc) is 2.94. The van der Waals surface area contributed by atoms with Crippen LogP contribution < -0.4 is 21.5 Å². The van der Waals surface area contributed by atoms with Crippen LogP contribution in [0.1, 0.15) is 12.8 Å². The molecule has 0 aliphatic carbocycles. The van der Waals surface area contributed by atoms with Crippen molar-refractivity contribution in [1.82, 2.24) is 0 Å². The number of hydrogen-bond donors (Lipinski definition) is 3. The van der Waals surface area contributed by atoms with E-state index >= 15 is 0 Å². The van der Waals surface area contributed by atoms with Crippen LogP contribution in [0.4, 0.5) is 5.69 Å². The Hall–Kier alpha value is -1.83. The van der Waals surface area contributed by atoms with Gasteiger partial charge in [-0.1, -0.05) is 6.07 Å². The largest absolute Gasteiger partial charge is 0.484 e. The number of nitrogens with one attached hydrogen (secondary N) is 1. The SMILES string of the molecule is Cl.NC[C@H]1CC[C@@H](C(=O)Nc2cccc(OCC(N)=O)c2)O1. The van der Waals surface area contributed by atoms with Crippen LogP contribution in [0.15, 0.2) is 24.3 Å². The first-order valence-corrected chi connectivity index (χ1v) is 6.76. The number of primary amides is 1. The zero-order chi connectivity index (χ0) is 15.2. The zero-order valence-corrected chi connectivity index (χ0v) is 12.8. The Labute approximate surface area is 134 Å². The van der Waals surface area contributed by atoms with E-state index in [1.165, 1.54) is 0 Å². The first-order valence-electron chi connectivity index (χ1n) is 6.76. The number of carbonyl (C=O) groups is 2. The summed E-state index contributed by atoms with van der Waals surface area (Å²) < 4.78 is 10.7. The van der Waals surface area contributed by atoms with Crippen molar-refractivity contribution in [1.29, 1.82) is 0 Å². The molecule has 1 saturated heterocycles. The molecule has 1 aromatic carbocycles. The number of halogens is 1. The maximum Gasteiger partial charge on any atom is 0.255 e. The second-order valence-corrected chi connectivity index (χ2v) is 4.83. The van der Waals surface area contributed by atoms with Gasteiger partial charge in [-0.15, -0.1) is 12.4 Å². The normalized spacial score (nSPS) is 20.0. The van der Waals surface area contributed by atoms with Crippen LogP contribution >= 0.6 is 12.4 Å². The van der Waals surface area contributed by atoms with Gasteiger partial charge in [0.05, 0.1) is 6.10 Å². The summed E-state index contributed by atoms with van der Waals surface area (Å²) in [7, 11) is 0. The predicted octanol–water partition coefficient (Wildman–Crippen LogP) is 0.417. The quantitative estimate of drug-likeness (QED) is 0.699. The molecular formula is C14H20ClN3O4. The molecule has 5 N–H and O–H groups in total. The molecule has 0 aromatic heterocycles. The summed E-state index contributed by atoms with van der Waals surface area (Å²) in [5.74, 6) is -0.312. The molecule has 0 saturated carbocycles. The van der Waals surface area contributed by atoms with Crippen molar-refractivity contribution < 1.29 is 19.1 Å². The second-order valence-electron chi connectivity index (χ2n) is 4.83. The van der Waals surface area contributed by atoms with Crippen LogP contribution in [-0.2, 0) is 14.3 Å². The highest BCUT2D eigenvalue weighted by molar-refractivity contribution is 5.94. The summed E-state index contributed by atoms with van der Waals surface area (Å²) in [6, 6.07) is 6.74. The van der Waals surface area contributed by atoms with Crippen molar-refractivity contribution in [3.8, 4) is 5.75 Å². The molecule has 22 heavy (non-hydrogen) atoms. The van der Waals surface area contributed by atoms with Crippen LogP contribution in [0, 0.1) is 0 Å². The fourth-order valence-electron chi connectivity index (χ4n) is 2.11. The summed E-state index contributed by atoms with van der Waals surface area (Å²) >= 11 is 0. The molecule has 1 fully saturated rings. The third-order valence-corrected chi connectivity index (χ3v) is 3.15. The van der Waals surface area contributed by atoms with Gasteiger partial charge in [0.1, 0.15) is 11.9 Å². The third kappa shape index (κ3) is 5.18. The van der Waals surface area contributed by atoms with Gasteiger partial charge >= 0.3 is 0 Å². The van der Waals surface area contributed by atoms with E-state index in [1.807, 2.05) is 0 Å². The zero-order valence-electron chi connectivity index (χ0n) is 12.0. The van der Waals surface area contributed by atoms with Crippen LogP contribution in [0.25, 0.3) is 0 Å². The molecule has 0 unspecified atom stereocenters. The second kappa shape index (κ2) is 8.57. The van der Waals surface area contributed by atoms with Crippen molar-refractivity contribution in [3.63, 3.8) is 0 Å². The molecule has 7 nitrogen and oxygen atoms in total. The molecule has 1 aromatic rings. The molecule has 2 atom stereocenters. The summed E-state index contributed by atoms with van der Waals surface area (Å²) in [5.41, 5.74) is 11.1. The Kier molecular flexibility index (Phi) is 7.10. The van der Waals surface area contributed by atoms with Crippen molar-refractivity contribution in [2.45, 2.75) is 25.0 Å². The monoisotopic (exact) mass is 329 g/mol. The first-order chi connectivity index (χ1) is 10.1. The first kappa shape index (κ1) is 18.2. The predicted molar refractivity (Wildman–Crippen MR) is 84.0 cm³/mol. The Bertz CT molecular complexity index is 527. The number of hydrogen-bond acceptors (Lipinski definition) is 5. The summed E-state index contributed by atoms with van der Waals surface area (Å²) in [4.78, 5) is 22.7. The van der Waals surface area contributed by atoms with E-state index in [1.54, 1.807) is 24.3 Å². The number of anilines is 1. The van der Waals surface area contributed by atoms with Crippen molar-refractivity contribution in [3.05, 3.63) is 24.3 Å². The minimum Gasteiger partial charge on any atom is -0.484 e. The van der Waals surface area contributed by atoms with E-state index in [9.17, 15) is 9.59 Å². The highest BCUT2D eigenvalue weighted by Crippen LogP contribution is 2.22. The lowest BCUT2D eigenvalue weighted by atomic mass is 10.2. The summed E-state index contributed by atoms with van der Waals surface area (Å²) in [6.45, 7) is 0.210. The van der Waals surface area contributed by atoms with Crippen molar-refractivity contribution >= 4 is 29.9 Å². The maximum atomic E-state index is 12.1. The molecule has 1 heterocycles. The van der Waals surface area contributed by atoms with Gasteiger partial charge in [-0.25, -0.2) is 0 Å². The molecule has 8 heteroatoms. The number of amides is 2. The van der Waals surface area contributed by atoms with Gasteiger partial charge in [-0.2, -0.15) is 0 Å².